The minimum absolute atomic E-state index is 0.525. The molecule has 3 nitrogen and oxygen atoms in total. The first-order valence-electron chi connectivity index (χ1n) is 6.10. The Balaban J connectivity index is 2.52. The molecule has 0 spiro atoms. The first kappa shape index (κ1) is 15.0. The van der Waals surface area contributed by atoms with Crippen molar-refractivity contribution >= 4 is 11.6 Å². The molecule has 1 unspecified atom stereocenters. The lowest BCUT2D eigenvalue weighted by Crippen LogP contribution is -2.37. The Morgan fingerprint density at radius 3 is 2.78 bits per heavy atom. The predicted molar refractivity (Wildman–Crippen MR) is 73.4 cm³/mol. The summed E-state index contributed by atoms with van der Waals surface area (Å²) in [6.45, 7) is 4.98. The summed E-state index contributed by atoms with van der Waals surface area (Å²) in [4.78, 5) is 0. The van der Waals surface area contributed by atoms with Crippen LogP contribution in [0.2, 0.25) is 5.02 Å². The van der Waals surface area contributed by atoms with Gasteiger partial charge in [-0.25, -0.2) is 0 Å². The molecular formula is C14H19ClN2O. The summed E-state index contributed by atoms with van der Waals surface area (Å²) in [5.41, 5.74) is 0.804. The molecule has 0 bridgehead atoms. The SMILES string of the molecule is CCCC(C)(O)CNCc1ccc(C#N)cc1Cl. The van der Waals surface area contributed by atoms with E-state index in [0.717, 1.165) is 18.4 Å². The minimum Gasteiger partial charge on any atom is -0.389 e. The molecule has 4 heteroatoms. The van der Waals surface area contributed by atoms with Crippen LogP contribution in [0.25, 0.3) is 0 Å². The number of rotatable bonds is 6. The van der Waals surface area contributed by atoms with Crippen LogP contribution in [0.15, 0.2) is 18.2 Å². The number of halogens is 1. The molecule has 1 atom stereocenters. The van der Waals surface area contributed by atoms with Gasteiger partial charge in [-0.2, -0.15) is 5.26 Å². The van der Waals surface area contributed by atoms with Crippen molar-refractivity contribution in [3.8, 4) is 6.07 Å². The molecule has 1 aromatic rings. The van der Waals surface area contributed by atoms with Gasteiger partial charge in [-0.3, -0.25) is 0 Å². The quantitative estimate of drug-likeness (QED) is 0.832. The van der Waals surface area contributed by atoms with Gasteiger partial charge in [0.2, 0.25) is 0 Å². The molecule has 18 heavy (non-hydrogen) atoms. The molecule has 0 fully saturated rings. The molecule has 0 aromatic heterocycles. The maximum Gasteiger partial charge on any atom is 0.0992 e. The molecule has 0 aliphatic heterocycles. The van der Waals surface area contributed by atoms with Crippen molar-refractivity contribution in [1.29, 1.82) is 5.26 Å². The van der Waals surface area contributed by atoms with E-state index in [-0.39, 0.29) is 0 Å². The van der Waals surface area contributed by atoms with Crippen LogP contribution in [-0.2, 0) is 6.54 Å². The van der Waals surface area contributed by atoms with E-state index in [2.05, 4.69) is 5.32 Å². The van der Waals surface area contributed by atoms with Crippen LogP contribution >= 0.6 is 11.6 Å². The Morgan fingerprint density at radius 2 is 2.22 bits per heavy atom. The Morgan fingerprint density at radius 1 is 1.50 bits per heavy atom. The molecule has 1 rings (SSSR count). The van der Waals surface area contributed by atoms with Gasteiger partial charge in [0.1, 0.15) is 0 Å². The molecule has 2 N–H and O–H groups in total. The summed E-state index contributed by atoms with van der Waals surface area (Å²) in [5.74, 6) is 0. The number of nitrogens with one attached hydrogen (secondary N) is 1. The molecule has 0 radical (unpaired) electrons. The maximum absolute atomic E-state index is 10.0. The second-order valence-corrected chi connectivity index (χ2v) is 5.18. The summed E-state index contributed by atoms with van der Waals surface area (Å²) >= 11 is 6.07. The Labute approximate surface area is 113 Å². The van der Waals surface area contributed by atoms with E-state index in [9.17, 15) is 5.11 Å². The fraction of sp³-hybridized carbons (Fsp3) is 0.500. The minimum atomic E-state index is -0.687. The van der Waals surface area contributed by atoms with E-state index in [1.807, 2.05) is 26.0 Å². The van der Waals surface area contributed by atoms with E-state index < -0.39 is 5.60 Å². The summed E-state index contributed by atoms with van der Waals surface area (Å²) in [7, 11) is 0. The van der Waals surface area contributed by atoms with E-state index in [0.29, 0.717) is 23.7 Å². The normalized spacial score (nSPS) is 13.9. The standard InChI is InChI=1S/C14H19ClN2O/c1-3-6-14(2,18)10-17-9-12-5-4-11(8-16)7-13(12)15/h4-5,7,17-18H,3,6,9-10H2,1-2H3. The summed E-state index contributed by atoms with van der Waals surface area (Å²) < 4.78 is 0. The fourth-order valence-corrected chi connectivity index (χ4v) is 2.10. The third-order valence-corrected chi connectivity index (χ3v) is 3.14. The van der Waals surface area contributed by atoms with Gasteiger partial charge < -0.3 is 10.4 Å². The van der Waals surface area contributed by atoms with Gasteiger partial charge in [0.05, 0.1) is 17.2 Å². The monoisotopic (exact) mass is 266 g/mol. The van der Waals surface area contributed by atoms with E-state index >= 15 is 0 Å². The van der Waals surface area contributed by atoms with Gasteiger partial charge in [-0.05, 0) is 31.0 Å². The van der Waals surface area contributed by atoms with Crippen molar-refractivity contribution in [2.24, 2.45) is 0 Å². The van der Waals surface area contributed by atoms with Crippen molar-refractivity contribution in [3.05, 3.63) is 34.3 Å². The second-order valence-electron chi connectivity index (χ2n) is 4.77. The smallest absolute Gasteiger partial charge is 0.0992 e. The molecule has 0 saturated heterocycles. The van der Waals surface area contributed by atoms with Crippen molar-refractivity contribution in [2.75, 3.05) is 6.54 Å². The van der Waals surface area contributed by atoms with E-state index in [1.165, 1.54) is 0 Å². The van der Waals surface area contributed by atoms with Crippen molar-refractivity contribution in [1.82, 2.24) is 5.32 Å². The summed E-state index contributed by atoms with van der Waals surface area (Å²) in [6, 6.07) is 7.28. The van der Waals surface area contributed by atoms with Gasteiger partial charge in [0.25, 0.3) is 0 Å². The molecule has 1 aromatic carbocycles. The van der Waals surface area contributed by atoms with E-state index in [1.54, 1.807) is 12.1 Å². The molecule has 0 aliphatic rings. The largest absolute Gasteiger partial charge is 0.389 e. The molecule has 0 aliphatic carbocycles. The van der Waals surface area contributed by atoms with Crippen LogP contribution in [0.5, 0.6) is 0 Å². The predicted octanol–water partition coefficient (Wildman–Crippen LogP) is 2.85. The number of hydrogen-bond donors (Lipinski definition) is 2. The molecule has 98 valence electrons. The second kappa shape index (κ2) is 6.75. The number of aliphatic hydroxyl groups is 1. The van der Waals surface area contributed by atoms with Gasteiger partial charge >= 0.3 is 0 Å². The number of nitrogens with zero attached hydrogens (tertiary/aromatic N) is 1. The van der Waals surface area contributed by atoms with Crippen LogP contribution in [0.4, 0.5) is 0 Å². The number of nitriles is 1. The zero-order valence-corrected chi connectivity index (χ0v) is 11.6. The van der Waals surface area contributed by atoms with Gasteiger partial charge in [0, 0.05) is 18.1 Å². The van der Waals surface area contributed by atoms with Gasteiger partial charge in [-0.15, -0.1) is 0 Å². The lowest BCUT2D eigenvalue weighted by molar-refractivity contribution is 0.0498. The van der Waals surface area contributed by atoms with Crippen LogP contribution in [0.1, 0.15) is 37.8 Å². The lowest BCUT2D eigenvalue weighted by Gasteiger charge is -2.23. The highest BCUT2D eigenvalue weighted by atomic mass is 35.5. The molecule has 0 heterocycles. The highest BCUT2D eigenvalue weighted by Crippen LogP contribution is 2.18. The van der Waals surface area contributed by atoms with Gasteiger partial charge in [-0.1, -0.05) is 31.0 Å². The third-order valence-electron chi connectivity index (χ3n) is 2.79. The van der Waals surface area contributed by atoms with Crippen molar-refractivity contribution in [2.45, 2.75) is 38.8 Å². The number of hydrogen-bond acceptors (Lipinski definition) is 3. The Hall–Kier alpha value is -1.08. The third kappa shape index (κ3) is 4.66. The highest BCUT2D eigenvalue weighted by Gasteiger charge is 2.18. The Bertz CT molecular complexity index is 438. The van der Waals surface area contributed by atoms with Crippen LogP contribution in [0.3, 0.4) is 0 Å². The molecule has 0 amide bonds. The summed E-state index contributed by atoms with van der Waals surface area (Å²) in [5, 5.41) is 22.5. The van der Waals surface area contributed by atoms with Crippen molar-refractivity contribution in [3.63, 3.8) is 0 Å². The average Bonchev–Trinajstić information content (AvgIpc) is 2.31. The van der Waals surface area contributed by atoms with Crippen LogP contribution in [-0.4, -0.2) is 17.3 Å². The molecule has 0 saturated carbocycles. The first-order valence-corrected chi connectivity index (χ1v) is 6.48. The van der Waals surface area contributed by atoms with Crippen molar-refractivity contribution < 1.29 is 5.11 Å². The lowest BCUT2D eigenvalue weighted by atomic mass is 10.0. The van der Waals surface area contributed by atoms with E-state index in [4.69, 9.17) is 16.9 Å². The van der Waals surface area contributed by atoms with Crippen LogP contribution in [0, 0.1) is 11.3 Å². The molecular weight excluding hydrogens is 248 g/mol. The fourth-order valence-electron chi connectivity index (χ4n) is 1.85. The summed E-state index contributed by atoms with van der Waals surface area (Å²) in [6.07, 6.45) is 1.72. The zero-order chi connectivity index (χ0) is 13.6. The number of benzene rings is 1. The highest BCUT2D eigenvalue weighted by molar-refractivity contribution is 6.31. The van der Waals surface area contributed by atoms with Gasteiger partial charge in [0.15, 0.2) is 0 Å². The van der Waals surface area contributed by atoms with Crippen LogP contribution < -0.4 is 5.32 Å². The Kier molecular flexibility index (Phi) is 5.61. The average molecular weight is 267 g/mol. The topological polar surface area (TPSA) is 56.0 Å². The zero-order valence-electron chi connectivity index (χ0n) is 10.8. The first-order chi connectivity index (χ1) is 8.48. The maximum atomic E-state index is 10.0.